The number of nitrogens with two attached hydrogens (primary N) is 1. The number of esters is 2. The van der Waals surface area contributed by atoms with Gasteiger partial charge >= 0.3 is 11.9 Å². The van der Waals surface area contributed by atoms with Crippen LogP contribution in [-0.4, -0.2) is 25.2 Å². The summed E-state index contributed by atoms with van der Waals surface area (Å²) in [4.78, 5) is 21.6. The summed E-state index contributed by atoms with van der Waals surface area (Å²) >= 11 is 1.34. The number of rotatable bonds is 8. The molecule has 19 heavy (non-hydrogen) atoms. The van der Waals surface area contributed by atoms with Crippen molar-refractivity contribution in [2.75, 3.05) is 13.2 Å². The lowest BCUT2D eigenvalue weighted by Gasteiger charge is -2.16. The minimum absolute atomic E-state index is 0.0595. The number of allylic oxidation sites excluding steroid dienone is 1. The molecule has 0 rings (SSSR count). The summed E-state index contributed by atoms with van der Waals surface area (Å²) in [5, 5.41) is 2.40. The molecule has 0 aliphatic carbocycles. The minimum Gasteiger partial charge on any atom is -0.465 e. The van der Waals surface area contributed by atoms with Gasteiger partial charge in [-0.1, -0.05) is 23.9 Å². The van der Waals surface area contributed by atoms with Crippen LogP contribution in [-0.2, 0) is 19.1 Å². The van der Waals surface area contributed by atoms with Gasteiger partial charge in [-0.25, -0.2) is 0 Å². The van der Waals surface area contributed by atoms with Crippen LogP contribution in [0.25, 0.3) is 0 Å². The van der Waals surface area contributed by atoms with Crippen molar-refractivity contribution in [3.05, 3.63) is 22.6 Å². The second kappa shape index (κ2) is 9.49. The topological polar surface area (TPSA) is 78.6 Å². The van der Waals surface area contributed by atoms with Crippen molar-refractivity contribution in [1.29, 1.82) is 0 Å². The average Bonchev–Trinajstić information content (AvgIpc) is 2.29. The van der Waals surface area contributed by atoms with E-state index in [1.54, 1.807) is 0 Å². The Morgan fingerprint density at radius 2 is 1.68 bits per heavy atom. The van der Waals surface area contributed by atoms with E-state index in [0.717, 1.165) is 5.57 Å². The number of carbonyl (C=O) groups excluding carboxylic acids is 2. The summed E-state index contributed by atoms with van der Waals surface area (Å²) in [7, 11) is 0. The van der Waals surface area contributed by atoms with Crippen molar-refractivity contribution < 1.29 is 19.1 Å². The maximum absolute atomic E-state index is 10.8. The standard InChI is InChI=1S/C13H21NO4S/c1-9(8-19-10(2)14)5-13(6-17-11(3)15)7-18-12(4)16/h8,13H,2,5-7,14H2,1,3-4H3/b9-8+. The fourth-order valence-electron chi connectivity index (χ4n) is 1.32. The first-order chi connectivity index (χ1) is 8.81. The quantitative estimate of drug-likeness (QED) is 0.689. The second-order valence-electron chi connectivity index (χ2n) is 4.22. The van der Waals surface area contributed by atoms with Crippen LogP contribution in [0, 0.1) is 5.92 Å². The first-order valence-corrected chi connectivity index (χ1v) is 6.72. The lowest BCUT2D eigenvalue weighted by atomic mass is 10.0. The van der Waals surface area contributed by atoms with Crippen LogP contribution in [0.5, 0.6) is 0 Å². The van der Waals surface area contributed by atoms with Crippen molar-refractivity contribution in [3.8, 4) is 0 Å². The van der Waals surface area contributed by atoms with Gasteiger partial charge in [-0.15, -0.1) is 0 Å². The highest BCUT2D eigenvalue weighted by Gasteiger charge is 2.13. The SMILES string of the molecule is C=C(N)S/C=C(\C)CC(COC(C)=O)COC(C)=O. The molecule has 0 aromatic heterocycles. The molecule has 5 nitrogen and oxygen atoms in total. The Balaban J connectivity index is 4.37. The molecule has 0 spiro atoms. The maximum atomic E-state index is 10.8. The molecule has 0 aromatic rings. The number of thioether (sulfide) groups is 1. The van der Waals surface area contributed by atoms with E-state index >= 15 is 0 Å². The lowest BCUT2D eigenvalue weighted by molar-refractivity contribution is -0.146. The molecule has 2 N–H and O–H groups in total. The molecule has 0 saturated heterocycles. The summed E-state index contributed by atoms with van der Waals surface area (Å²) in [5.74, 6) is -0.756. The van der Waals surface area contributed by atoms with Crippen LogP contribution in [0.2, 0.25) is 0 Å². The molecule has 0 amide bonds. The molecule has 108 valence electrons. The van der Waals surface area contributed by atoms with Gasteiger partial charge in [0, 0.05) is 19.8 Å². The van der Waals surface area contributed by atoms with Crippen LogP contribution in [0.1, 0.15) is 27.2 Å². The summed E-state index contributed by atoms with van der Waals surface area (Å²) in [6, 6.07) is 0. The zero-order valence-corrected chi connectivity index (χ0v) is 12.4. The molecular weight excluding hydrogens is 266 g/mol. The Bertz CT molecular complexity index is 348. The van der Waals surface area contributed by atoms with Crippen LogP contribution < -0.4 is 5.73 Å². The zero-order chi connectivity index (χ0) is 14.8. The van der Waals surface area contributed by atoms with E-state index in [0.29, 0.717) is 11.4 Å². The number of hydrogen-bond acceptors (Lipinski definition) is 6. The third-order valence-electron chi connectivity index (χ3n) is 2.07. The van der Waals surface area contributed by atoms with E-state index in [4.69, 9.17) is 15.2 Å². The Labute approximate surface area is 118 Å². The predicted molar refractivity (Wildman–Crippen MR) is 76.0 cm³/mol. The van der Waals surface area contributed by atoms with Gasteiger partial charge in [0.2, 0.25) is 0 Å². The zero-order valence-electron chi connectivity index (χ0n) is 11.6. The Morgan fingerprint density at radius 1 is 1.21 bits per heavy atom. The van der Waals surface area contributed by atoms with Gasteiger partial charge < -0.3 is 15.2 Å². The van der Waals surface area contributed by atoms with Crippen molar-refractivity contribution in [1.82, 2.24) is 0 Å². The van der Waals surface area contributed by atoms with E-state index in [1.807, 2.05) is 12.3 Å². The van der Waals surface area contributed by atoms with Crippen molar-refractivity contribution in [2.45, 2.75) is 27.2 Å². The van der Waals surface area contributed by atoms with Crippen molar-refractivity contribution >= 4 is 23.7 Å². The van der Waals surface area contributed by atoms with Gasteiger partial charge in [0.25, 0.3) is 0 Å². The van der Waals surface area contributed by atoms with Crippen LogP contribution in [0.15, 0.2) is 22.6 Å². The van der Waals surface area contributed by atoms with Crippen LogP contribution in [0.4, 0.5) is 0 Å². The van der Waals surface area contributed by atoms with Gasteiger partial charge in [0.05, 0.1) is 18.2 Å². The molecule has 0 fully saturated rings. The fourth-order valence-corrected chi connectivity index (χ4v) is 1.76. The molecule has 0 atom stereocenters. The summed E-state index contributed by atoms with van der Waals surface area (Å²) in [6.45, 7) is 8.66. The number of hydrogen-bond donors (Lipinski definition) is 1. The first kappa shape index (κ1) is 17.6. The average molecular weight is 287 g/mol. The highest BCUT2D eigenvalue weighted by atomic mass is 32.2. The molecular formula is C13H21NO4S. The predicted octanol–water partition coefficient (Wildman–Crippen LogP) is 2.19. The third kappa shape index (κ3) is 11.4. The fraction of sp³-hybridized carbons (Fsp3) is 0.538. The Hall–Kier alpha value is -1.43. The molecule has 0 saturated carbocycles. The highest BCUT2D eigenvalue weighted by Crippen LogP contribution is 2.18. The lowest BCUT2D eigenvalue weighted by Crippen LogP contribution is -2.19. The Kier molecular flexibility index (Phi) is 8.78. The van der Waals surface area contributed by atoms with E-state index in [2.05, 4.69) is 6.58 Å². The molecule has 0 aromatic carbocycles. The summed E-state index contributed by atoms with van der Waals surface area (Å²) < 4.78 is 9.91. The van der Waals surface area contributed by atoms with Crippen molar-refractivity contribution in [3.63, 3.8) is 0 Å². The summed E-state index contributed by atoms with van der Waals surface area (Å²) in [6.07, 6.45) is 0.654. The van der Waals surface area contributed by atoms with E-state index in [9.17, 15) is 9.59 Å². The van der Waals surface area contributed by atoms with Crippen molar-refractivity contribution in [2.24, 2.45) is 11.7 Å². The maximum Gasteiger partial charge on any atom is 0.302 e. The molecule has 0 aliphatic rings. The molecule has 0 unspecified atom stereocenters. The van der Waals surface area contributed by atoms with E-state index in [1.165, 1.54) is 25.6 Å². The highest BCUT2D eigenvalue weighted by molar-refractivity contribution is 8.05. The monoisotopic (exact) mass is 287 g/mol. The largest absolute Gasteiger partial charge is 0.465 e. The van der Waals surface area contributed by atoms with Gasteiger partial charge in [0.1, 0.15) is 0 Å². The van der Waals surface area contributed by atoms with E-state index in [-0.39, 0.29) is 31.1 Å². The van der Waals surface area contributed by atoms with E-state index < -0.39 is 0 Å². The molecule has 6 heteroatoms. The molecule has 0 heterocycles. The number of carbonyl (C=O) groups is 2. The third-order valence-corrected chi connectivity index (χ3v) is 2.89. The first-order valence-electron chi connectivity index (χ1n) is 5.84. The molecule has 0 radical (unpaired) electrons. The normalized spacial score (nSPS) is 11.3. The van der Waals surface area contributed by atoms with Crippen LogP contribution in [0.3, 0.4) is 0 Å². The smallest absolute Gasteiger partial charge is 0.302 e. The Morgan fingerprint density at radius 3 is 2.05 bits per heavy atom. The van der Waals surface area contributed by atoms with Gasteiger partial charge in [-0.3, -0.25) is 9.59 Å². The minimum atomic E-state index is -0.348. The van der Waals surface area contributed by atoms with Gasteiger partial charge in [-0.2, -0.15) is 0 Å². The molecule has 0 bridgehead atoms. The van der Waals surface area contributed by atoms with Crippen LogP contribution >= 0.6 is 11.8 Å². The number of ether oxygens (including phenoxy) is 2. The summed E-state index contributed by atoms with van der Waals surface area (Å²) in [5.41, 5.74) is 6.51. The second-order valence-corrected chi connectivity index (χ2v) is 5.22. The molecule has 0 aliphatic heterocycles. The van der Waals surface area contributed by atoms with Gasteiger partial charge in [-0.05, 0) is 18.8 Å². The van der Waals surface area contributed by atoms with Gasteiger partial charge in [0.15, 0.2) is 0 Å².